The van der Waals surface area contributed by atoms with E-state index in [1.54, 1.807) is 0 Å². The Morgan fingerprint density at radius 2 is 1.44 bits per heavy atom. The van der Waals surface area contributed by atoms with Crippen molar-refractivity contribution in [3.05, 3.63) is 48.5 Å². The summed E-state index contributed by atoms with van der Waals surface area (Å²) in [5.41, 5.74) is 0. The fraction of sp³-hybridized carbons (Fsp3) is 0. The Balaban J connectivity index is 2.61. The lowest BCUT2D eigenvalue weighted by molar-refractivity contribution is 1.53. The lowest BCUT2D eigenvalue weighted by Gasteiger charge is -2.08. The van der Waals surface area contributed by atoms with Gasteiger partial charge >= 0.3 is 0 Å². The maximum Gasteiger partial charge on any atom is 0.0198 e. The summed E-state index contributed by atoms with van der Waals surface area (Å²) in [7, 11) is 0. The summed E-state index contributed by atoms with van der Waals surface area (Å²) in [4.78, 5) is 2.03. The van der Waals surface area contributed by atoms with Crippen molar-refractivity contribution in [2.24, 2.45) is 0 Å². The van der Waals surface area contributed by atoms with Crippen LogP contribution in [-0.4, -0.2) is 0 Å². The Kier molecular flexibility index (Phi) is 2.34. The number of hydrogen-bond acceptors (Lipinski definition) is 2. The summed E-state index contributed by atoms with van der Waals surface area (Å²) in [6.45, 7) is 0. The second-order valence-corrected chi connectivity index (χ2v) is 4.75. The van der Waals surface area contributed by atoms with Gasteiger partial charge < -0.3 is 0 Å². The van der Waals surface area contributed by atoms with Crippen molar-refractivity contribution < 1.29 is 0 Å². The van der Waals surface area contributed by atoms with Crippen molar-refractivity contribution in [1.29, 1.82) is 0 Å². The highest BCUT2D eigenvalue weighted by molar-refractivity contribution is 7.81. The minimum absolute atomic E-state index is 0.999. The Hall–Kier alpha value is -1.12. The second-order valence-electron chi connectivity index (χ2n) is 3.82. The first kappa shape index (κ1) is 10.1. The van der Waals surface area contributed by atoms with E-state index in [0.717, 1.165) is 20.6 Å². The molecule has 3 aromatic rings. The summed E-state index contributed by atoms with van der Waals surface area (Å²) < 4.78 is 0. The van der Waals surface area contributed by atoms with Crippen LogP contribution in [-0.2, 0) is 0 Å². The maximum atomic E-state index is 4.63. The molecule has 2 heteroatoms. The van der Waals surface area contributed by atoms with E-state index in [0.29, 0.717) is 0 Å². The van der Waals surface area contributed by atoms with E-state index in [-0.39, 0.29) is 0 Å². The zero-order valence-electron chi connectivity index (χ0n) is 8.51. The topological polar surface area (TPSA) is 0 Å². The average Bonchev–Trinajstić information content (AvgIpc) is 2.31. The molecule has 0 aliphatic carbocycles. The molecule has 0 aromatic heterocycles. The number of thiol groups is 2. The van der Waals surface area contributed by atoms with Crippen molar-refractivity contribution in [3.63, 3.8) is 0 Å². The van der Waals surface area contributed by atoms with Crippen LogP contribution in [0.15, 0.2) is 58.3 Å². The van der Waals surface area contributed by atoms with Crippen molar-refractivity contribution >= 4 is 46.8 Å². The van der Waals surface area contributed by atoms with E-state index >= 15 is 0 Å². The van der Waals surface area contributed by atoms with Crippen LogP contribution < -0.4 is 0 Å². The van der Waals surface area contributed by atoms with E-state index in [1.165, 1.54) is 10.8 Å². The average molecular weight is 242 g/mol. The van der Waals surface area contributed by atoms with Crippen molar-refractivity contribution in [2.45, 2.75) is 9.79 Å². The van der Waals surface area contributed by atoms with Gasteiger partial charge in [0.15, 0.2) is 0 Å². The minimum Gasteiger partial charge on any atom is -0.143 e. The summed E-state index contributed by atoms with van der Waals surface area (Å²) in [6, 6.07) is 16.6. The first-order valence-corrected chi connectivity index (χ1v) is 5.99. The predicted molar refractivity (Wildman–Crippen MR) is 76.0 cm³/mol. The van der Waals surface area contributed by atoms with Gasteiger partial charge in [-0.3, -0.25) is 0 Å². The van der Waals surface area contributed by atoms with Gasteiger partial charge in [0, 0.05) is 9.79 Å². The Morgan fingerprint density at radius 3 is 2.31 bits per heavy atom. The lowest BCUT2D eigenvalue weighted by Crippen LogP contribution is -1.81. The van der Waals surface area contributed by atoms with Crippen LogP contribution in [0.1, 0.15) is 0 Å². The predicted octanol–water partition coefficient (Wildman–Crippen LogP) is 4.57. The molecule has 0 spiro atoms. The van der Waals surface area contributed by atoms with Gasteiger partial charge in [-0.25, -0.2) is 0 Å². The molecule has 3 rings (SSSR count). The van der Waals surface area contributed by atoms with Gasteiger partial charge in [0.25, 0.3) is 0 Å². The van der Waals surface area contributed by atoms with Gasteiger partial charge in [0.2, 0.25) is 0 Å². The molecule has 3 aromatic carbocycles. The summed E-state index contributed by atoms with van der Waals surface area (Å²) in [5, 5.41) is 4.72. The highest BCUT2D eigenvalue weighted by Gasteiger charge is 2.05. The Bertz CT molecular complexity index is 687. The summed E-state index contributed by atoms with van der Waals surface area (Å²) in [5.74, 6) is 0. The first-order chi connectivity index (χ1) is 7.77. The summed E-state index contributed by atoms with van der Waals surface area (Å²) in [6.07, 6.45) is 0. The zero-order chi connectivity index (χ0) is 11.1. The van der Waals surface area contributed by atoms with E-state index in [1.807, 2.05) is 24.3 Å². The Labute approximate surface area is 105 Å². The van der Waals surface area contributed by atoms with Crippen LogP contribution in [0.5, 0.6) is 0 Å². The third-order valence-corrected chi connectivity index (χ3v) is 3.73. The molecular weight excluding hydrogens is 232 g/mol. The molecule has 0 atom stereocenters. The third-order valence-electron chi connectivity index (χ3n) is 2.85. The van der Waals surface area contributed by atoms with Crippen LogP contribution >= 0.6 is 25.3 Å². The number of rotatable bonds is 0. The molecule has 0 saturated heterocycles. The molecule has 0 aliphatic heterocycles. The third kappa shape index (κ3) is 1.41. The van der Waals surface area contributed by atoms with Gasteiger partial charge in [-0.15, -0.1) is 25.3 Å². The molecular formula is C14H10S2. The van der Waals surface area contributed by atoms with Crippen LogP contribution in [0.3, 0.4) is 0 Å². The fourth-order valence-electron chi connectivity index (χ4n) is 2.05. The lowest BCUT2D eigenvalue weighted by atomic mass is 10.0. The smallest absolute Gasteiger partial charge is 0.0198 e. The maximum absolute atomic E-state index is 4.63. The molecule has 0 saturated carbocycles. The van der Waals surface area contributed by atoms with Crippen LogP contribution in [0, 0.1) is 0 Å². The van der Waals surface area contributed by atoms with Gasteiger partial charge in [-0.05, 0) is 33.7 Å². The molecule has 0 heterocycles. The summed E-state index contributed by atoms with van der Waals surface area (Å²) >= 11 is 9.12. The van der Waals surface area contributed by atoms with Crippen LogP contribution in [0.4, 0.5) is 0 Å². The number of hydrogen-bond donors (Lipinski definition) is 2. The fourth-order valence-corrected chi connectivity index (χ4v) is 2.72. The first-order valence-electron chi connectivity index (χ1n) is 5.10. The molecule has 0 radical (unpaired) electrons. The van der Waals surface area contributed by atoms with Crippen LogP contribution in [0.2, 0.25) is 0 Å². The SMILES string of the molecule is Sc1cccc2c(S)c3ccccc3cc12. The normalized spacial score (nSPS) is 11.1. The van der Waals surface area contributed by atoms with Gasteiger partial charge in [-0.1, -0.05) is 36.4 Å². The van der Waals surface area contributed by atoms with Gasteiger partial charge in [0.05, 0.1) is 0 Å². The van der Waals surface area contributed by atoms with E-state index in [2.05, 4.69) is 49.5 Å². The van der Waals surface area contributed by atoms with E-state index in [9.17, 15) is 0 Å². The quantitative estimate of drug-likeness (QED) is 0.419. The molecule has 0 amide bonds. The highest BCUT2D eigenvalue weighted by Crippen LogP contribution is 2.33. The molecule has 0 fully saturated rings. The van der Waals surface area contributed by atoms with Crippen molar-refractivity contribution in [2.75, 3.05) is 0 Å². The zero-order valence-corrected chi connectivity index (χ0v) is 10.3. The largest absolute Gasteiger partial charge is 0.143 e. The number of fused-ring (bicyclic) bond motifs is 2. The molecule has 78 valence electrons. The van der Waals surface area contributed by atoms with Gasteiger partial charge in [0.1, 0.15) is 0 Å². The second kappa shape index (κ2) is 3.72. The van der Waals surface area contributed by atoms with E-state index < -0.39 is 0 Å². The minimum atomic E-state index is 0.999. The number of benzene rings is 3. The molecule has 16 heavy (non-hydrogen) atoms. The van der Waals surface area contributed by atoms with Crippen LogP contribution in [0.25, 0.3) is 21.5 Å². The van der Waals surface area contributed by atoms with Gasteiger partial charge in [-0.2, -0.15) is 0 Å². The molecule has 0 N–H and O–H groups in total. The molecule has 0 nitrogen and oxygen atoms in total. The molecule has 0 aliphatic rings. The van der Waals surface area contributed by atoms with E-state index in [4.69, 9.17) is 0 Å². The molecule has 0 unspecified atom stereocenters. The Morgan fingerprint density at radius 1 is 0.688 bits per heavy atom. The standard InChI is InChI=1S/C14H10S2/c15-13-7-3-6-11-12(13)8-9-4-1-2-5-10(9)14(11)16/h1-8,15-16H. The highest BCUT2D eigenvalue weighted by atomic mass is 32.1. The van der Waals surface area contributed by atoms with Crippen molar-refractivity contribution in [3.8, 4) is 0 Å². The van der Waals surface area contributed by atoms with Crippen molar-refractivity contribution in [1.82, 2.24) is 0 Å². The molecule has 0 bridgehead atoms. The monoisotopic (exact) mass is 242 g/mol.